The number of rotatable bonds is 8. The Morgan fingerprint density at radius 1 is 1.25 bits per heavy atom. The van der Waals surface area contributed by atoms with Crippen molar-refractivity contribution in [1.29, 1.82) is 0 Å². The maximum Gasteiger partial charge on any atom is 0.353 e. The topological polar surface area (TPSA) is 96.7 Å². The Morgan fingerprint density at radius 3 is 2.68 bits per heavy atom. The molecular weight excluding hydrogens is 384 g/mol. The normalized spacial score (nSPS) is 14.2. The van der Waals surface area contributed by atoms with E-state index in [1.807, 2.05) is 29.2 Å². The Hall–Kier alpha value is -2.65. The Labute approximate surface area is 168 Å². The molecule has 0 unspecified atom stereocenters. The molecule has 1 N–H and O–H groups in total. The second-order valence-corrected chi connectivity index (χ2v) is 6.82. The van der Waals surface area contributed by atoms with E-state index < -0.39 is 4.92 Å². The van der Waals surface area contributed by atoms with Crippen molar-refractivity contribution in [3.8, 4) is 0 Å². The molecule has 1 aliphatic heterocycles. The van der Waals surface area contributed by atoms with Gasteiger partial charge in [-0.15, -0.1) is 0 Å². The molecule has 0 atom stereocenters. The van der Waals surface area contributed by atoms with Crippen LogP contribution in [0.4, 0.5) is 23.0 Å². The average Bonchev–Trinajstić information content (AvgIpc) is 2.71. The number of nitrogens with zero attached hydrogens (tertiary/aromatic N) is 5. The molecule has 2 heterocycles. The highest BCUT2D eigenvalue weighted by Crippen LogP contribution is 2.32. The molecule has 1 saturated heterocycles. The molecule has 9 nitrogen and oxygen atoms in total. The number of hydrogen-bond acceptors (Lipinski definition) is 8. The smallest absolute Gasteiger partial charge is 0.353 e. The number of nitro groups is 1. The van der Waals surface area contributed by atoms with E-state index >= 15 is 0 Å². The lowest BCUT2D eigenvalue weighted by atomic mass is 10.2. The van der Waals surface area contributed by atoms with Crippen molar-refractivity contribution in [2.24, 2.45) is 0 Å². The minimum absolute atomic E-state index is 0.0869. The summed E-state index contributed by atoms with van der Waals surface area (Å²) >= 11 is 6.08. The predicted octanol–water partition coefficient (Wildman–Crippen LogP) is 2.81. The third-order valence-electron chi connectivity index (χ3n) is 4.56. The van der Waals surface area contributed by atoms with E-state index in [1.54, 1.807) is 7.11 Å². The SMILES string of the molecule is COCCCNc1ncnc(N2CCN(c3cccc(Cl)c3)CC2)c1[N+](=O)[O-]. The van der Waals surface area contributed by atoms with Crippen LogP contribution in [0.5, 0.6) is 0 Å². The van der Waals surface area contributed by atoms with Crippen LogP contribution in [0.25, 0.3) is 0 Å². The van der Waals surface area contributed by atoms with Crippen molar-refractivity contribution in [3.63, 3.8) is 0 Å². The fourth-order valence-electron chi connectivity index (χ4n) is 3.17. The summed E-state index contributed by atoms with van der Waals surface area (Å²) in [5.41, 5.74) is 0.959. The Kier molecular flexibility index (Phi) is 6.83. The number of anilines is 3. The van der Waals surface area contributed by atoms with Crippen LogP contribution in [-0.4, -0.2) is 61.3 Å². The fraction of sp³-hybridized carbons (Fsp3) is 0.444. The third kappa shape index (κ3) is 4.79. The van der Waals surface area contributed by atoms with E-state index in [-0.39, 0.29) is 11.5 Å². The zero-order valence-electron chi connectivity index (χ0n) is 15.7. The molecule has 1 aromatic carbocycles. The summed E-state index contributed by atoms with van der Waals surface area (Å²) in [4.78, 5) is 23.7. The van der Waals surface area contributed by atoms with E-state index in [0.717, 1.165) is 25.2 Å². The van der Waals surface area contributed by atoms with Gasteiger partial charge in [0.1, 0.15) is 6.33 Å². The van der Waals surface area contributed by atoms with Crippen molar-refractivity contribution in [1.82, 2.24) is 9.97 Å². The minimum Gasteiger partial charge on any atom is -0.385 e. The highest BCUT2D eigenvalue weighted by molar-refractivity contribution is 6.30. The summed E-state index contributed by atoms with van der Waals surface area (Å²) in [5.74, 6) is 0.586. The van der Waals surface area contributed by atoms with Gasteiger partial charge in [-0.3, -0.25) is 10.1 Å². The largest absolute Gasteiger partial charge is 0.385 e. The number of hydrogen-bond donors (Lipinski definition) is 1. The first-order valence-corrected chi connectivity index (χ1v) is 9.45. The van der Waals surface area contributed by atoms with E-state index in [4.69, 9.17) is 16.3 Å². The molecule has 150 valence electrons. The van der Waals surface area contributed by atoms with Gasteiger partial charge in [-0.25, -0.2) is 9.97 Å². The predicted molar refractivity (Wildman–Crippen MR) is 110 cm³/mol. The van der Waals surface area contributed by atoms with Crippen molar-refractivity contribution in [2.75, 3.05) is 61.6 Å². The van der Waals surface area contributed by atoms with Crippen LogP contribution >= 0.6 is 11.6 Å². The van der Waals surface area contributed by atoms with Crippen LogP contribution in [0, 0.1) is 10.1 Å². The van der Waals surface area contributed by atoms with Gasteiger partial charge in [-0.2, -0.15) is 0 Å². The first-order valence-electron chi connectivity index (χ1n) is 9.08. The summed E-state index contributed by atoms with van der Waals surface area (Å²) < 4.78 is 5.00. The van der Waals surface area contributed by atoms with Crippen LogP contribution in [0.2, 0.25) is 5.02 Å². The van der Waals surface area contributed by atoms with Gasteiger partial charge in [-0.05, 0) is 24.6 Å². The van der Waals surface area contributed by atoms with Crippen LogP contribution in [-0.2, 0) is 4.74 Å². The standard InChI is InChI=1S/C18H23ClN6O3/c1-28-11-3-6-20-17-16(25(26)27)18(22-13-21-17)24-9-7-23(8-10-24)15-5-2-4-14(19)12-15/h2,4-5,12-13H,3,6-11H2,1H3,(H,20,21,22). The first-order chi connectivity index (χ1) is 13.6. The number of methoxy groups -OCH3 is 1. The maximum atomic E-state index is 11.7. The second-order valence-electron chi connectivity index (χ2n) is 6.38. The van der Waals surface area contributed by atoms with Crippen LogP contribution in [0.15, 0.2) is 30.6 Å². The Morgan fingerprint density at radius 2 is 2.00 bits per heavy atom. The van der Waals surface area contributed by atoms with Crippen molar-refractivity contribution >= 4 is 34.6 Å². The lowest BCUT2D eigenvalue weighted by Gasteiger charge is -2.36. The quantitative estimate of drug-likeness (QED) is 0.406. The number of benzene rings is 1. The highest BCUT2D eigenvalue weighted by atomic mass is 35.5. The van der Waals surface area contributed by atoms with Crippen molar-refractivity contribution in [3.05, 3.63) is 45.7 Å². The second kappa shape index (κ2) is 9.52. The minimum atomic E-state index is -0.419. The molecule has 0 saturated carbocycles. The lowest BCUT2D eigenvalue weighted by Crippen LogP contribution is -2.47. The van der Waals surface area contributed by atoms with Crippen molar-refractivity contribution in [2.45, 2.75) is 6.42 Å². The number of aromatic nitrogens is 2. The number of piperazine rings is 1. The first kappa shape index (κ1) is 20.1. The molecule has 0 amide bonds. The number of nitrogens with one attached hydrogen (secondary N) is 1. The molecular formula is C18H23ClN6O3. The molecule has 10 heteroatoms. The lowest BCUT2D eigenvalue weighted by molar-refractivity contribution is -0.383. The summed E-state index contributed by atoms with van der Waals surface area (Å²) in [7, 11) is 1.62. The molecule has 0 aliphatic carbocycles. The summed E-state index contributed by atoms with van der Waals surface area (Å²) in [6, 6.07) is 7.69. The van der Waals surface area contributed by atoms with Gasteiger partial charge in [0.25, 0.3) is 0 Å². The Balaban J connectivity index is 1.72. The highest BCUT2D eigenvalue weighted by Gasteiger charge is 2.29. The van der Waals surface area contributed by atoms with Gasteiger partial charge in [0, 0.05) is 57.2 Å². The third-order valence-corrected chi connectivity index (χ3v) is 4.79. The number of halogens is 1. The van der Waals surface area contributed by atoms with Crippen molar-refractivity contribution < 1.29 is 9.66 Å². The van der Waals surface area contributed by atoms with Gasteiger partial charge in [0.15, 0.2) is 0 Å². The van der Waals surface area contributed by atoms with Gasteiger partial charge < -0.3 is 19.9 Å². The zero-order valence-corrected chi connectivity index (χ0v) is 16.4. The fourth-order valence-corrected chi connectivity index (χ4v) is 3.36. The van der Waals surface area contributed by atoms with Gasteiger partial charge in [0.2, 0.25) is 11.6 Å². The maximum absolute atomic E-state index is 11.7. The van der Waals surface area contributed by atoms with E-state index in [9.17, 15) is 10.1 Å². The van der Waals surface area contributed by atoms with Gasteiger partial charge in [0.05, 0.1) is 4.92 Å². The van der Waals surface area contributed by atoms with Gasteiger partial charge >= 0.3 is 5.69 Å². The zero-order chi connectivity index (χ0) is 19.9. The number of ether oxygens (including phenoxy) is 1. The summed E-state index contributed by atoms with van der Waals surface area (Å²) in [5, 5.41) is 15.4. The molecule has 1 aliphatic rings. The molecule has 0 radical (unpaired) electrons. The molecule has 3 rings (SSSR count). The Bertz CT molecular complexity index is 814. The molecule has 2 aromatic rings. The monoisotopic (exact) mass is 406 g/mol. The van der Waals surface area contributed by atoms with Gasteiger partial charge in [-0.1, -0.05) is 17.7 Å². The summed E-state index contributed by atoms with van der Waals surface area (Å²) in [6.45, 7) is 3.79. The molecule has 1 aromatic heterocycles. The van der Waals surface area contributed by atoms with E-state index in [2.05, 4.69) is 20.2 Å². The van der Waals surface area contributed by atoms with E-state index in [0.29, 0.717) is 37.1 Å². The van der Waals surface area contributed by atoms with Crippen LogP contribution in [0.3, 0.4) is 0 Å². The molecule has 0 spiro atoms. The van der Waals surface area contributed by atoms with Crippen LogP contribution in [0.1, 0.15) is 6.42 Å². The van der Waals surface area contributed by atoms with E-state index in [1.165, 1.54) is 6.33 Å². The summed E-state index contributed by atoms with van der Waals surface area (Å²) in [6.07, 6.45) is 2.09. The molecule has 28 heavy (non-hydrogen) atoms. The molecule has 1 fully saturated rings. The molecule has 0 bridgehead atoms. The van der Waals surface area contributed by atoms with Crippen LogP contribution < -0.4 is 15.1 Å². The average molecular weight is 407 g/mol.